The summed E-state index contributed by atoms with van der Waals surface area (Å²) in [7, 11) is 1.64. The van der Waals surface area contributed by atoms with Crippen LogP contribution in [-0.2, 0) is 4.79 Å². The van der Waals surface area contributed by atoms with Gasteiger partial charge in [-0.25, -0.2) is 0 Å². The Balaban J connectivity index is 1.47. The predicted octanol–water partition coefficient (Wildman–Crippen LogP) is 0.788. The number of benzene rings is 1. The van der Waals surface area contributed by atoms with Gasteiger partial charge in [-0.15, -0.1) is 0 Å². The number of amides is 1. The molecule has 0 aliphatic carbocycles. The molecule has 6 heteroatoms. The lowest BCUT2D eigenvalue weighted by atomic mass is 10.1. The number of aliphatic hydroxyl groups is 1. The van der Waals surface area contributed by atoms with Crippen LogP contribution in [0.25, 0.3) is 0 Å². The highest BCUT2D eigenvalue weighted by Crippen LogP contribution is 2.22. The van der Waals surface area contributed by atoms with Gasteiger partial charge in [0.05, 0.1) is 19.3 Å². The largest absolute Gasteiger partial charge is 0.497 e. The van der Waals surface area contributed by atoms with Gasteiger partial charge in [0.25, 0.3) is 0 Å². The fourth-order valence-corrected chi connectivity index (χ4v) is 3.17. The topological polar surface area (TPSA) is 71.0 Å². The van der Waals surface area contributed by atoms with E-state index < -0.39 is 6.10 Å². The molecule has 0 saturated carbocycles. The van der Waals surface area contributed by atoms with E-state index in [4.69, 9.17) is 9.47 Å². The lowest BCUT2D eigenvalue weighted by Gasteiger charge is -2.33. The number of aliphatic hydroxyl groups excluding tert-OH is 1. The van der Waals surface area contributed by atoms with E-state index in [1.807, 2.05) is 29.2 Å². The van der Waals surface area contributed by atoms with Crippen molar-refractivity contribution in [2.75, 3.05) is 26.7 Å². The van der Waals surface area contributed by atoms with Gasteiger partial charge < -0.3 is 24.8 Å². The first kappa shape index (κ1) is 16.1. The summed E-state index contributed by atoms with van der Waals surface area (Å²) >= 11 is 0. The normalized spacial score (nSPS) is 25.4. The standard InChI is InChI=1S/C17H24N2O4/c1-22-13-2-4-14(5-3-13)23-15-6-8-19(9-7-15)17(21)16-10-12(20)11-18-16/h2-5,12,15-16,18,20H,6-11H2,1H3/t12-,16+/m1/s1. The molecule has 0 bridgehead atoms. The van der Waals surface area contributed by atoms with Crippen molar-refractivity contribution in [3.63, 3.8) is 0 Å². The molecule has 0 spiro atoms. The third-order valence-corrected chi connectivity index (χ3v) is 4.52. The van der Waals surface area contributed by atoms with Gasteiger partial charge in [0.2, 0.25) is 5.91 Å². The van der Waals surface area contributed by atoms with Crippen LogP contribution in [0.1, 0.15) is 19.3 Å². The molecule has 0 radical (unpaired) electrons. The highest BCUT2D eigenvalue weighted by atomic mass is 16.5. The second kappa shape index (κ2) is 7.19. The summed E-state index contributed by atoms with van der Waals surface area (Å²) in [6, 6.07) is 7.33. The lowest BCUT2D eigenvalue weighted by Crippen LogP contribution is -2.48. The Kier molecular flexibility index (Phi) is 5.03. The molecule has 1 aromatic carbocycles. The molecule has 3 rings (SSSR count). The molecule has 6 nitrogen and oxygen atoms in total. The number of methoxy groups -OCH3 is 1. The second-order valence-corrected chi connectivity index (χ2v) is 6.17. The summed E-state index contributed by atoms with van der Waals surface area (Å²) in [4.78, 5) is 14.3. The number of hydrogen-bond acceptors (Lipinski definition) is 5. The van der Waals surface area contributed by atoms with Crippen molar-refractivity contribution in [1.82, 2.24) is 10.2 Å². The molecule has 2 aliphatic heterocycles. The van der Waals surface area contributed by atoms with E-state index in [0.29, 0.717) is 26.1 Å². The van der Waals surface area contributed by atoms with E-state index in [-0.39, 0.29) is 18.1 Å². The first-order chi connectivity index (χ1) is 11.2. The Morgan fingerprint density at radius 3 is 2.43 bits per heavy atom. The van der Waals surface area contributed by atoms with Crippen molar-refractivity contribution in [3.8, 4) is 11.5 Å². The zero-order chi connectivity index (χ0) is 16.2. The fourth-order valence-electron chi connectivity index (χ4n) is 3.17. The highest BCUT2D eigenvalue weighted by Gasteiger charge is 2.33. The van der Waals surface area contributed by atoms with Crippen molar-refractivity contribution < 1.29 is 19.4 Å². The fraction of sp³-hybridized carbons (Fsp3) is 0.588. The van der Waals surface area contributed by atoms with Crippen LogP contribution in [0.2, 0.25) is 0 Å². The summed E-state index contributed by atoms with van der Waals surface area (Å²) in [5.74, 6) is 1.74. The van der Waals surface area contributed by atoms with Crippen molar-refractivity contribution >= 4 is 5.91 Å². The molecule has 2 aliphatic rings. The lowest BCUT2D eigenvalue weighted by molar-refractivity contribution is -0.135. The van der Waals surface area contributed by atoms with Crippen LogP contribution in [0.3, 0.4) is 0 Å². The van der Waals surface area contributed by atoms with Crippen molar-refractivity contribution in [3.05, 3.63) is 24.3 Å². The minimum absolute atomic E-state index is 0.101. The average molecular weight is 320 g/mol. The van der Waals surface area contributed by atoms with E-state index in [0.717, 1.165) is 24.3 Å². The Morgan fingerprint density at radius 2 is 1.87 bits per heavy atom. The number of hydrogen-bond donors (Lipinski definition) is 2. The number of piperidine rings is 1. The van der Waals surface area contributed by atoms with Crippen LogP contribution in [0.5, 0.6) is 11.5 Å². The SMILES string of the molecule is COc1ccc(OC2CCN(C(=O)[C@@H]3C[C@@H](O)CN3)CC2)cc1. The molecule has 2 N–H and O–H groups in total. The average Bonchev–Trinajstić information content (AvgIpc) is 3.02. The quantitative estimate of drug-likeness (QED) is 0.858. The number of nitrogens with zero attached hydrogens (tertiary/aromatic N) is 1. The number of likely N-dealkylation sites (tertiary alicyclic amines) is 1. The van der Waals surface area contributed by atoms with Gasteiger partial charge in [-0.05, 0) is 30.7 Å². The molecule has 126 valence electrons. The van der Waals surface area contributed by atoms with E-state index in [1.54, 1.807) is 7.11 Å². The number of β-amino-alcohol motifs (C(OH)–C–C–N with tert-alkyl or cyclic N) is 1. The van der Waals surface area contributed by atoms with Crippen LogP contribution in [0.4, 0.5) is 0 Å². The van der Waals surface area contributed by atoms with Crippen LogP contribution >= 0.6 is 0 Å². The number of nitrogens with one attached hydrogen (secondary N) is 1. The molecule has 1 amide bonds. The summed E-state index contributed by atoms with van der Waals surface area (Å²) in [5.41, 5.74) is 0. The zero-order valence-corrected chi connectivity index (χ0v) is 13.4. The molecule has 2 heterocycles. The zero-order valence-electron chi connectivity index (χ0n) is 13.4. The number of ether oxygens (including phenoxy) is 2. The van der Waals surface area contributed by atoms with Crippen LogP contribution in [0.15, 0.2) is 24.3 Å². The number of carbonyl (C=O) groups is 1. The van der Waals surface area contributed by atoms with Crippen LogP contribution < -0.4 is 14.8 Å². The van der Waals surface area contributed by atoms with Gasteiger partial charge in [0.15, 0.2) is 0 Å². The predicted molar refractivity (Wildman–Crippen MR) is 85.6 cm³/mol. The minimum Gasteiger partial charge on any atom is -0.497 e. The van der Waals surface area contributed by atoms with Gasteiger partial charge in [0.1, 0.15) is 17.6 Å². The molecule has 2 saturated heterocycles. The second-order valence-electron chi connectivity index (χ2n) is 6.17. The van der Waals surface area contributed by atoms with Gasteiger partial charge in [-0.1, -0.05) is 0 Å². The Labute approximate surface area is 136 Å². The van der Waals surface area contributed by atoms with E-state index >= 15 is 0 Å². The smallest absolute Gasteiger partial charge is 0.239 e. The van der Waals surface area contributed by atoms with Gasteiger partial charge in [-0.3, -0.25) is 4.79 Å². The van der Waals surface area contributed by atoms with Crippen molar-refractivity contribution in [1.29, 1.82) is 0 Å². The monoisotopic (exact) mass is 320 g/mol. The van der Waals surface area contributed by atoms with E-state index in [1.165, 1.54) is 0 Å². The third kappa shape index (κ3) is 3.95. The maximum absolute atomic E-state index is 12.4. The molecular formula is C17H24N2O4. The molecule has 2 atom stereocenters. The number of carbonyl (C=O) groups excluding carboxylic acids is 1. The van der Waals surface area contributed by atoms with E-state index in [2.05, 4.69) is 5.32 Å². The molecule has 23 heavy (non-hydrogen) atoms. The van der Waals surface area contributed by atoms with Crippen molar-refractivity contribution in [2.24, 2.45) is 0 Å². The first-order valence-electron chi connectivity index (χ1n) is 8.16. The minimum atomic E-state index is -0.403. The third-order valence-electron chi connectivity index (χ3n) is 4.52. The van der Waals surface area contributed by atoms with Crippen molar-refractivity contribution in [2.45, 2.75) is 37.5 Å². The van der Waals surface area contributed by atoms with Crippen LogP contribution in [-0.4, -0.2) is 60.9 Å². The molecule has 0 unspecified atom stereocenters. The summed E-state index contributed by atoms with van der Waals surface area (Å²) < 4.78 is 11.1. The Morgan fingerprint density at radius 1 is 1.22 bits per heavy atom. The van der Waals surface area contributed by atoms with E-state index in [9.17, 15) is 9.90 Å². The maximum Gasteiger partial charge on any atom is 0.239 e. The summed E-state index contributed by atoms with van der Waals surface area (Å²) in [5, 5.41) is 12.6. The summed E-state index contributed by atoms with van der Waals surface area (Å²) in [6.45, 7) is 1.91. The van der Waals surface area contributed by atoms with Gasteiger partial charge in [0, 0.05) is 32.5 Å². The Hall–Kier alpha value is -1.79. The van der Waals surface area contributed by atoms with Gasteiger partial charge >= 0.3 is 0 Å². The maximum atomic E-state index is 12.4. The first-order valence-corrected chi connectivity index (χ1v) is 8.16. The highest BCUT2D eigenvalue weighted by molar-refractivity contribution is 5.82. The molecule has 1 aromatic rings. The summed E-state index contributed by atoms with van der Waals surface area (Å²) in [6.07, 6.45) is 1.90. The number of rotatable bonds is 4. The molecule has 2 fully saturated rings. The van der Waals surface area contributed by atoms with Gasteiger partial charge in [-0.2, -0.15) is 0 Å². The van der Waals surface area contributed by atoms with Crippen LogP contribution in [0, 0.1) is 0 Å². The Bertz CT molecular complexity index is 526. The molecular weight excluding hydrogens is 296 g/mol. The molecule has 0 aromatic heterocycles.